The summed E-state index contributed by atoms with van der Waals surface area (Å²) in [6.45, 7) is 4.99. The average molecular weight is 284 g/mol. The Bertz CT molecular complexity index is 390. The summed E-state index contributed by atoms with van der Waals surface area (Å²) in [5.74, 6) is -0.310. The van der Waals surface area contributed by atoms with Crippen LogP contribution in [0.1, 0.15) is 15.9 Å². The van der Waals surface area contributed by atoms with Crippen LogP contribution in [0.2, 0.25) is 0 Å². The first kappa shape index (κ1) is 12.9. The normalized spacial score (nSPS) is 9.88. The van der Waals surface area contributed by atoms with E-state index < -0.39 is 0 Å². The number of carbonyl (C=O) groups excluding carboxylic acids is 1. The maximum absolute atomic E-state index is 11.5. The molecule has 0 aliphatic carbocycles. The Morgan fingerprint density at radius 1 is 1.50 bits per heavy atom. The highest BCUT2D eigenvalue weighted by atomic mass is 79.9. The summed E-state index contributed by atoms with van der Waals surface area (Å²) < 4.78 is 5.59. The van der Waals surface area contributed by atoms with E-state index in [1.807, 2.05) is 18.2 Å². The number of rotatable bonds is 5. The van der Waals surface area contributed by atoms with E-state index >= 15 is 0 Å². The molecule has 0 saturated carbocycles. The topological polar surface area (TPSA) is 38.3 Å². The number of methoxy groups -OCH3 is 1. The fourth-order valence-electron chi connectivity index (χ4n) is 1.32. The lowest BCUT2D eigenvalue weighted by Gasteiger charge is -2.08. The second kappa shape index (κ2) is 6.45. The van der Waals surface area contributed by atoms with Crippen LogP contribution in [0, 0.1) is 0 Å². The summed E-state index contributed by atoms with van der Waals surface area (Å²) in [7, 11) is 1.38. The second-order valence-electron chi connectivity index (χ2n) is 3.27. The number of ether oxygens (including phenoxy) is 1. The summed E-state index contributed by atoms with van der Waals surface area (Å²) in [4.78, 5) is 11.5. The van der Waals surface area contributed by atoms with Gasteiger partial charge < -0.3 is 10.1 Å². The molecule has 0 saturated heterocycles. The molecule has 3 nitrogen and oxygen atoms in total. The molecule has 0 aliphatic heterocycles. The van der Waals surface area contributed by atoms with Gasteiger partial charge in [-0.3, -0.25) is 0 Å². The van der Waals surface area contributed by atoms with E-state index in [1.165, 1.54) is 7.11 Å². The van der Waals surface area contributed by atoms with Gasteiger partial charge in [0.2, 0.25) is 0 Å². The third kappa shape index (κ3) is 3.79. The summed E-state index contributed by atoms with van der Waals surface area (Å²) in [5.41, 5.74) is 1.51. The molecule has 0 heterocycles. The van der Waals surface area contributed by atoms with E-state index in [4.69, 9.17) is 4.74 Å². The minimum absolute atomic E-state index is 0.310. The van der Waals surface area contributed by atoms with Crippen molar-refractivity contribution in [1.29, 1.82) is 0 Å². The van der Waals surface area contributed by atoms with E-state index in [2.05, 4.69) is 27.8 Å². The van der Waals surface area contributed by atoms with Gasteiger partial charge in [-0.1, -0.05) is 40.7 Å². The summed E-state index contributed by atoms with van der Waals surface area (Å²) >= 11 is 3.26. The van der Waals surface area contributed by atoms with Gasteiger partial charge in [0.05, 0.1) is 12.7 Å². The molecule has 0 bridgehead atoms. The van der Waals surface area contributed by atoms with Crippen molar-refractivity contribution in [2.75, 3.05) is 13.7 Å². The summed E-state index contributed by atoms with van der Waals surface area (Å²) in [5, 5.41) is 3.17. The first-order chi connectivity index (χ1) is 7.65. The van der Waals surface area contributed by atoms with Crippen LogP contribution in [0.3, 0.4) is 0 Å². The zero-order valence-corrected chi connectivity index (χ0v) is 10.7. The molecule has 0 aliphatic rings. The molecule has 1 rings (SSSR count). The highest BCUT2D eigenvalue weighted by Crippen LogP contribution is 2.10. The largest absolute Gasteiger partial charge is 0.465 e. The van der Waals surface area contributed by atoms with Crippen LogP contribution in [0.15, 0.2) is 35.3 Å². The molecule has 0 atom stereocenters. The van der Waals surface area contributed by atoms with Crippen molar-refractivity contribution in [3.05, 3.63) is 46.5 Å². The van der Waals surface area contributed by atoms with Crippen LogP contribution in [-0.4, -0.2) is 19.6 Å². The molecule has 4 heteroatoms. The molecule has 0 amide bonds. The molecular formula is C12H14BrNO2. The Morgan fingerprint density at radius 2 is 2.19 bits per heavy atom. The van der Waals surface area contributed by atoms with E-state index in [-0.39, 0.29) is 5.97 Å². The average Bonchev–Trinajstić information content (AvgIpc) is 2.28. The third-order valence-corrected chi connectivity index (χ3v) is 2.34. The van der Waals surface area contributed by atoms with E-state index in [9.17, 15) is 4.79 Å². The first-order valence-corrected chi connectivity index (χ1v) is 5.64. The Morgan fingerprint density at radius 3 is 2.81 bits per heavy atom. The summed E-state index contributed by atoms with van der Waals surface area (Å²) in [6, 6.07) is 7.37. The summed E-state index contributed by atoms with van der Waals surface area (Å²) in [6.07, 6.45) is 0. The van der Waals surface area contributed by atoms with Gasteiger partial charge >= 0.3 is 5.97 Å². The predicted octanol–water partition coefficient (Wildman–Crippen LogP) is 2.47. The number of benzene rings is 1. The number of hydrogen-bond donors (Lipinski definition) is 1. The third-order valence-electron chi connectivity index (χ3n) is 2.05. The van der Waals surface area contributed by atoms with Crippen molar-refractivity contribution < 1.29 is 9.53 Å². The van der Waals surface area contributed by atoms with E-state index in [0.29, 0.717) is 18.7 Å². The Balaban J connectivity index is 2.71. The maximum Gasteiger partial charge on any atom is 0.338 e. The van der Waals surface area contributed by atoms with E-state index in [0.717, 1.165) is 10.0 Å². The lowest BCUT2D eigenvalue weighted by molar-refractivity contribution is 0.0599. The SMILES string of the molecule is C=C(Br)CNCc1ccccc1C(=O)OC. The van der Waals surface area contributed by atoms with Gasteiger partial charge in [0, 0.05) is 17.6 Å². The number of halogens is 1. The van der Waals surface area contributed by atoms with Crippen LogP contribution in [0.25, 0.3) is 0 Å². The molecule has 0 spiro atoms. The van der Waals surface area contributed by atoms with Crippen LogP contribution in [-0.2, 0) is 11.3 Å². The lowest BCUT2D eigenvalue weighted by atomic mass is 10.1. The molecule has 0 radical (unpaired) electrons. The van der Waals surface area contributed by atoms with Crippen molar-refractivity contribution in [3.8, 4) is 0 Å². The van der Waals surface area contributed by atoms with Crippen LogP contribution in [0.4, 0.5) is 0 Å². The standard InChI is InChI=1S/C12H14BrNO2/c1-9(13)7-14-8-10-5-3-4-6-11(10)12(15)16-2/h3-6,14H,1,7-8H2,2H3. The van der Waals surface area contributed by atoms with Crippen LogP contribution >= 0.6 is 15.9 Å². The molecular weight excluding hydrogens is 270 g/mol. The van der Waals surface area contributed by atoms with E-state index in [1.54, 1.807) is 6.07 Å². The highest BCUT2D eigenvalue weighted by molar-refractivity contribution is 9.11. The van der Waals surface area contributed by atoms with Gasteiger partial charge in [-0.25, -0.2) is 4.79 Å². The smallest absolute Gasteiger partial charge is 0.338 e. The van der Waals surface area contributed by atoms with Gasteiger partial charge in [-0.05, 0) is 11.6 Å². The van der Waals surface area contributed by atoms with Crippen molar-refractivity contribution in [1.82, 2.24) is 5.32 Å². The van der Waals surface area contributed by atoms with Crippen LogP contribution < -0.4 is 5.32 Å². The number of hydrogen-bond acceptors (Lipinski definition) is 3. The minimum Gasteiger partial charge on any atom is -0.465 e. The lowest BCUT2D eigenvalue weighted by Crippen LogP contribution is -2.17. The molecule has 86 valence electrons. The highest BCUT2D eigenvalue weighted by Gasteiger charge is 2.09. The number of carbonyl (C=O) groups is 1. The number of esters is 1. The molecule has 1 aromatic rings. The van der Waals surface area contributed by atoms with Crippen molar-refractivity contribution in [3.63, 3.8) is 0 Å². The number of nitrogens with one attached hydrogen (secondary N) is 1. The zero-order chi connectivity index (χ0) is 12.0. The molecule has 1 N–H and O–H groups in total. The van der Waals surface area contributed by atoms with Gasteiger partial charge in [-0.2, -0.15) is 0 Å². The Hall–Kier alpha value is -1.13. The van der Waals surface area contributed by atoms with Crippen molar-refractivity contribution >= 4 is 21.9 Å². The molecule has 0 fully saturated rings. The van der Waals surface area contributed by atoms with Gasteiger partial charge in [0.1, 0.15) is 0 Å². The maximum atomic E-state index is 11.5. The molecule has 0 aromatic heterocycles. The van der Waals surface area contributed by atoms with Crippen molar-refractivity contribution in [2.24, 2.45) is 0 Å². The Labute approximate surface area is 104 Å². The molecule has 16 heavy (non-hydrogen) atoms. The fourth-order valence-corrected chi connectivity index (χ4v) is 1.51. The minimum atomic E-state index is -0.310. The molecule has 0 unspecified atom stereocenters. The monoisotopic (exact) mass is 283 g/mol. The zero-order valence-electron chi connectivity index (χ0n) is 9.13. The second-order valence-corrected chi connectivity index (χ2v) is 4.39. The van der Waals surface area contributed by atoms with Gasteiger partial charge in [0.25, 0.3) is 0 Å². The quantitative estimate of drug-likeness (QED) is 0.844. The van der Waals surface area contributed by atoms with Gasteiger partial charge in [0.15, 0.2) is 0 Å². The van der Waals surface area contributed by atoms with Crippen molar-refractivity contribution in [2.45, 2.75) is 6.54 Å². The molecule has 1 aromatic carbocycles. The predicted molar refractivity (Wildman–Crippen MR) is 67.6 cm³/mol. The van der Waals surface area contributed by atoms with Crippen LogP contribution in [0.5, 0.6) is 0 Å². The van der Waals surface area contributed by atoms with Gasteiger partial charge in [-0.15, -0.1) is 0 Å². The first-order valence-electron chi connectivity index (χ1n) is 4.85. The Kier molecular flexibility index (Phi) is 5.22. The fraction of sp³-hybridized carbons (Fsp3) is 0.250.